The molecule has 7 heteroatoms. The van der Waals surface area contributed by atoms with Gasteiger partial charge in [0.25, 0.3) is 0 Å². The van der Waals surface area contributed by atoms with E-state index in [-0.39, 0.29) is 23.4 Å². The van der Waals surface area contributed by atoms with E-state index < -0.39 is 0 Å². The highest BCUT2D eigenvalue weighted by atomic mass is 19.1. The summed E-state index contributed by atoms with van der Waals surface area (Å²) in [6.45, 7) is 7.60. The van der Waals surface area contributed by atoms with Crippen molar-refractivity contribution in [3.8, 4) is 11.5 Å². The fourth-order valence-corrected chi connectivity index (χ4v) is 4.10. The first kappa shape index (κ1) is 22.9. The highest BCUT2D eigenvalue weighted by Crippen LogP contribution is 2.34. The van der Waals surface area contributed by atoms with Crippen LogP contribution in [0.1, 0.15) is 43.5 Å². The number of amides is 2. The number of carbonyl (C=O) groups is 1. The van der Waals surface area contributed by atoms with Gasteiger partial charge in [0.15, 0.2) is 11.5 Å². The molecular formula is C24H33FN3O3+. The number of methoxy groups -OCH3 is 2. The summed E-state index contributed by atoms with van der Waals surface area (Å²) < 4.78 is 25.3. The quantitative estimate of drug-likeness (QED) is 0.660. The van der Waals surface area contributed by atoms with Crippen LogP contribution in [0.3, 0.4) is 0 Å². The maximum Gasteiger partial charge on any atom is 0.315 e. The van der Waals surface area contributed by atoms with Crippen LogP contribution in [0.5, 0.6) is 11.5 Å². The number of hydrogen-bond acceptors (Lipinski definition) is 3. The summed E-state index contributed by atoms with van der Waals surface area (Å²) in [6.07, 6.45) is 0.837. The van der Waals surface area contributed by atoms with Crippen LogP contribution in [-0.2, 0) is 13.0 Å². The molecule has 0 radical (unpaired) electrons. The number of rotatable bonds is 6. The van der Waals surface area contributed by atoms with Crippen LogP contribution in [-0.4, -0.2) is 38.9 Å². The Morgan fingerprint density at radius 1 is 1.16 bits per heavy atom. The van der Waals surface area contributed by atoms with Gasteiger partial charge in [-0.25, -0.2) is 9.18 Å². The van der Waals surface area contributed by atoms with Crippen LogP contribution >= 0.6 is 0 Å². The molecule has 0 spiro atoms. The SMILES string of the molecule is COc1cc2c(cc1OC)[C@@H](CNC(=O)NC(C)(C)C)[NH+](Cc1ccccc1F)CC2. The standard InChI is InChI=1S/C24H32FN3O3/c1-24(2,3)27-23(29)26-14-20-18-13-22(31-5)21(30-4)12-16(18)10-11-28(20)15-17-8-6-7-9-19(17)25/h6-9,12-13,20H,10-11,14-15H2,1-5H3,(H2,26,27,29)/p+1/t20-/m1/s1. The van der Waals surface area contributed by atoms with E-state index in [0.29, 0.717) is 30.2 Å². The predicted octanol–water partition coefficient (Wildman–Crippen LogP) is 2.62. The summed E-state index contributed by atoms with van der Waals surface area (Å²) in [5, 5.41) is 5.94. The molecule has 1 aliphatic rings. The number of benzene rings is 2. The minimum Gasteiger partial charge on any atom is -0.493 e. The maximum absolute atomic E-state index is 14.4. The van der Waals surface area contributed by atoms with E-state index in [2.05, 4.69) is 10.6 Å². The molecule has 0 aromatic heterocycles. The first-order chi connectivity index (χ1) is 14.7. The van der Waals surface area contributed by atoms with E-state index in [1.807, 2.05) is 45.0 Å². The molecule has 3 rings (SSSR count). The van der Waals surface area contributed by atoms with Crippen molar-refractivity contribution in [2.45, 2.75) is 45.3 Å². The summed E-state index contributed by atoms with van der Waals surface area (Å²) in [4.78, 5) is 13.6. The van der Waals surface area contributed by atoms with Crippen molar-refractivity contribution in [2.75, 3.05) is 27.3 Å². The van der Waals surface area contributed by atoms with Gasteiger partial charge in [0.2, 0.25) is 0 Å². The highest BCUT2D eigenvalue weighted by molar-refractivity contribution is 5.74. The number of nitrogens with one attached hydrogen (secondary N) is 3. The van der Waals surface area contributed by atoms with Crippen LogP contribution in [0.2, 0.25) is 0 Å². The third-order valence-corrected chi connectivity index (χ3v) is 5.56. The molecule has 0 saturated carbocycles. The average Bonchev–Trinajstić information content (AvgIpc) is 2.72. The van der Waals surface area contributed by atoms with Gasteiger partial charge in [-0.1, -0.05) is 18.2 Å². The van der Waals surface area contributed by atoms with Crippen molar-refractivity contribution in [1.29, 1.82) is 0 Å². The molecule has 0 fully saturated rings. The third kappa shape index (κ3) is 5.67. The van der Waals surface area contributed by atoms with Crippen molar-refractivity contribution >= 4 is 6.03 Å². The molecule has 0 saturated heterocycles. The van der Waals surface area contributed by atoms with Gasteiger partial charge in [-0.2, -0.15) is 0 Å². The largest absolute Gasteiger partial charge is 0.493 e. The minimum atomic E-state index is -0.329. The van der Waals surface area contributed by atoms with E-state index in [4.69, 9.17) is 9.47 Å². The smallest absolute Gasteiger partial charge is 0.315 e. The van der Waals surface area contributed by atoms with Crippen LogP contribution in [0.15, 0.2) is 36.4 Å². The first-order valence-electron chi connectivity index (χ1n) is 10.6. The monoisotopic (exact) mass is 430 g/mol. The molecular weight excluding hydrogens is 397 g/mol. The zero-order valence-corrected chi connectivity index (χ0v) is 19.0. The van der Waals surface area contributed by atoms with Crippen molar-refractivity contribution < 1.29 is 23.6 Å². The average molecular weight is 431 g/mol. The van der Waals surface area contributed by atoms with E-state index in [0.717, 1.165) is 24.1 Å². The molecule has 0 aliphatic carbocycles. The minimum absolute atomic E-state index is 0.0473. The van der Waals surface area contributed by atoms with Gasteiger partial charge < -0.3 is 25.0 Å². The zero-order chi connectivity index (χ0) is 22.6. The van der Waals surface area contributed by atoms with Gasteiger partial charge in [0.1, 0.15) is 18.4 Å². The lowest BCUT2D eigenvalue weighted by Gasteiger charge is -2.35. The molecule has 31 heavy (non-hydrogen) atoms. The summed E-state index contributed by atoms with van der Waals surface area (Å²) in [5.74, 6) is 1.14. The Bertz CT molecular complexity index is 927. The van der Waals surface area contributed by atoms with Crippen molar-refractivity contribution in [3.05, 3.63) is 58.9 Å². The number of quaternary nitrogens is 1. The number of halogens is 1. The molecule has 2 amide bonds. The molecule has 1 aliphatic heterocycles. The molecule has 168 valence electrons. The highest BCUT2D eigenvalue weighted by Gasteiger charge is 2.33. The van der Waals surface area contributed by atoms with Gasteiger partial charge in [-0.3, -0.25) is 0 Å². The third-order valence-electron chi connectivity index (χ3n) is 5.56. The van der Waals surface area contributed by atoms with E-state index >= 15 is 0 Å². The second-order valence-electron chi connectivity index (χ2n) is 8.97. The zero-order valence-electron chi connectivity index (χ0n) is 19.0. The summed E-state index contributed by atoms with van der Waals surface area (Å²) >= 11 is 0. The second-order valence-corrected chi connectivity index (χ2v) is 8.97. The fourth-order valence-electron chi connectivity index (χ4n) is 4.10. The van der Waals surface area contributed by atoms with Crippen LogP contribution in [0.25, 0.3) is 0 Å². The number of urea groups is 1. The summed E-state index contributed by atoms with van der Waals surface area (Å²) in [6, 6.07) is 10.6. The molecule has 3 N–H and O–H groups in total. The van der Waals surface area contributed by atoms with Crippen LogP contribution in [0.4, 0.5) is 9.18 Å². The number of hydrogen-bond donors (Lipinski definition) is 3. The number of carbonyl (C=O) groups excluding carboxylic acids is 1. The first-order valence-corrected chi connectivity index (χ1v) is 10.6. The van der Waals surface area contributed by atoms with Crippen molar-refractivity contribution in [2.24, 2.45) is 0 Å². The number of ether oxygens (including phenoxy) is 2. The Morgan fingerprint density at radius 2 is 1.84 bits per heavy atom. The Kier molecular flexibility index (Phi) is 7.05. The van der Waals surface area contributed by atoms with E-state index in [9.17, 15) is 9.18 Å². The topological polar surface area (TPSA) is 64.0 Å². The van der Waals surface area contributed by atoms with Gasteiger partial charge in [0.05, 0.1) is 27.3 Å². The van der Waals surface area contributed by atoms with Crippen molar-refractivity contribution in [1.82, 2.24) is 10.6 Å². The summed E-state index contributed by atoms with van der Waals surface area (Å²) in [7, 11) is 3.24. The Labute approximate surface area is 183 Å². The Morgan fingerprint density at radius 3 is 2.48 bits per heavy atom. The van der Waals surface area contributed by atoms with Crippen LogP contribution < -0.4 is 25.0 Å². The fraction of sp³-hybridized carbons (Fsp3) is 0.458. The van der Waals surface area contributed by atoms with Gasteiger partial charge in [0, 0.05) is 23.1 Å². The molecule has 1 unspecified atom stereocenters. The lowest BCUT2D eigenvalue weighted by atomic mass is 9.91. The van der Waals surface area contributed by atoms with Gasteiger partial charge in [-0.15, -0.1) is 0 Å². The lowest BCUT2D eigenvalue weighted by molar-refractivity contribution is -0.946. The van der Waals surface area contributed by atoms with E-state index in [1.54, 1.807) is 20.3 Å². The van der Waals surface area contributed by atoms with Gasteiger partial charge >= 0.3 is 6.03 Å². The maximum atomic E-state index is 14.4. The molecule has 2 atom stereocenters. The molecule has 2 aromatic rings. The van der Waals surface area contributed by atoms with E-state index in [1.165, 1.54) is 11.0 Å². The lowest BCUT2D eigenvalue weighted by Crippen LogP contribution is -3.12. The molecule has 2 aromatic carbocycles. The molecule has 1 heterocycles. The normalized spacial score (nSPS) is 18.1. The summed E-state index contributed by atoms with van der Waals surface area (Å²) in [5.41, 5.74) is 2.60. The van der Waals surface area contributed by atoms with Gasteiger partial charge in [-0.05, 0) is 44.5 Å². The van der Waals surface area contributed by atoms with Crippen LogP contribution in [0, 0.1) is 5.82 Å². The number of fused-ring (bicyclic) bond motifs is 1. The van der Waals surface area contributed by atoms with Crippen molar-refractivity contribution in [3.63, 3.8) is 0 Å². The Hall–Kier alpha value is -2.80. The predicted molar refractivity (Wildman–Crippen MR) is 118 cm³/mol. The molecule has 0 bridgehead atoms. The molecule has 6 nitrogen and oxygen atoms in total. The Balaban J connectivity index is 1.90. The second kappa shape index (κ2) is 9.56.